The highest BCUT2D eigenvalue weighted by atomic mass is 16.3. The Morgan fingerprint density at radius 3 is 3.00 bits per heavy atom. The Hall–Kier alpha value is -1.03. The van der Waals surface area contributed by atoms with Crippen molar-refractivity contribution in [3.8, 4) is 0 Å². The van der Waals surface area contributed by atoms with Gasteiger partial charge in [-0.3, -0.25) is 4.79 Å². The van der Waals surface area contributed by atoms with Crippen LogP contribution in [0.15, 0.2) is 12.3 Å². The number of carbonyl (C=O) groups is 1. The summed E-state index contributed by atoms with van der Waals surface area (Å²) in [5, 5.41) is 11.9. The van der Waals surface area contributed by atoms with Gasteiger partial charge in [-0.05, 0) is 13.3 Å². The molecule has 1 aliphatic rings. The van der Waals surface area contributed by atoms with Gasteiger partial charge in [-0.25, -0.2) is 0 Å². The Kier molecular flexibility index (Phi) is 3.31. The summed E-state index contributed by atoms with van der Waals surface area (Å²) in [7, 11) is 0. The summed E-state index contributed by atoms with van der Waals surface area (Å²) < 4.78 is 0. The van der Waals surface area contributed by atoms with Crippen molar-refractivity contribution >= 4 is 6.41 Å². The fraction of sp³-hybridized carbons (Fsp3) is 0.667. The average Bonchev–Trinajstić information content (AvgIpc) is 2.41. The number of hydrogen-bond acceptors (Lipinski definition) is 3. The molecule has 0 aliphatic carbocycles. The van der Waals surface area contributed by atoms with Crippen LogP contribution in [0.3, 0.4) is 0 Å². The first kappa shape index (κ1) is 10.1. The van der Waals surface area contributed by atoms with Crippen LogP contribution in [0.1, 0.15) is 13.3 Å². The second-order valence-electron chi connectivity index (χ2n) is 3.46. The van der Waals surface area contributed by atoms with E-state index in [1.165, 1.54) is 0 Å². The van der Waals surface area contributed by atoms with Crippen molar-refractivity contribution in [2.24, 2.45) is 0 Å². The predicted octanol–water partition coefficient (Wildman–Crippen LogP) is -0.299. The first-order valence-electron chi connectivity index (χ1n) is 4.44. The van der Waals surface area contributed by atoms with Gasteiger partial charge in [0.25, 0.3) is 0 Å². The lowest BCUT2D eigenvalue weighted by atomic mass is 10.2. The van der Waals surface area contributed by atoms with Crippen LogP contribution < -0.4 is 5.32 Å². The minimum Gasteiger partial charge on any atom is -0.391 e. The summed E-state index contributed by atoms with van der Waals surface area (Å²) in [5.74, 6) is 0. The van der Waals surface area contributed by atoms with E-state index in [1.54, 1.807) is 0 Å². The van der Waals surface area contributed by atoms with E-state index < -0.39 is 0 Å². The molecule has 0 saturated carbocycles. The molecule has 0 bridgehead atoms. The van der Waals surface area contributed by atoms with Gasteiger partial charge < -0.3 is 15.3 Å². The van der Waals surface area contributed by atoms with Gasteiger partial charge in [0, 0.05) is 18.3 Å². The molecule has 2 atom stereocenters. The predicted molar refractivity (Wildman–Crippen MR) is 50.0 cm³/mol. The molecule has 1 fully saturated rings. The summed E-state index contributed by atoms with van der Waals surface area (Å²) in [4.78, 5) is 12.1. The number of likely N-dealkylation sites (tertiary alicyclic amines) is 1. The molecule has 74 valence electrons. The SMILES string of the molecule is C=C(CNC=O)N1C[C@@H](O)C[C@H]1C. The third-order valence-corrected chi connectivity index (χ3v) is 2.35. The van der Waals surface area contributed by atoms with Crippen LogP contribution in [-0.2, 0) is 4.79 Å². The Morgan fingerprint density at radius 2 is 2.54 bits per heavy atom. The normalized spacial score (nSPS) is 27.4. The van der Waals surface area contributed by atoms with E-state index in [-0.39, 0.29) is 6.10 Å². The van der Waals surface area contributed by atoms with Crippen LogP contribution in [0.25, 0.3) is 0 Å². The van der Waals surface area contributed by atoms with Crippen molar-refractivity contribution in [3.63, 3.8) is 0 Å². The molecule has 1 aliphatic heterocycles. The molecule has 1 heterocycles. The zero-order valence-electron chi connectivity index (χ0n) is 7.86. The number of aliphatic hydroxyl groups excluding tert-OH is 1. The zero-order chi connectivity index (χ0) is 9.84. The molecule has 0 aromatic carbocycles. The number of β-amino-alcohol motifs (C(OH)–C–C–N with tert-alkyl or cyclic N) is 1. The maximum Gasteiger partial charge on any atom is 0.207 e. The molecule has 0 unspecified atom stereocenters. The third kappa shape index (κ3) is 2.45. The average molecular weight is 184 g/mol. The van der Waals surface area contributed by atoms with Gasteiger partial charge in [-0.2, -0.15) is 0 Å². The highest BCUT2D eigenvalue weighted by molar-refractivity contribution is 5.46. The Balaban J connectivity index is 2.42. The molecule has 0 spiro atoms. The van der Waals surface area contributed by atoms with Crippen molar-refractivity contribution in [2.75, 3.05) is 13.1 Å². The zero-order valence-corrected chi connectivity index (χ0v) is 7.86. The summed E-state index contributed by atoms with van der Waals surface area (Å²) >= 11 is 0. The maximum atomic E-state index is 10.0. The van der Waals surface area contributed by atoms with E-state index in [4.69, 9.17) is 0 Å². The van der Waals surface area contributed by atoms with E-state index in [0.29, 0.717) is 25.5 Å². The first-order chi connectivity index (χ1) is 6.15. The van der Waals surface area contributed by atoms with Crippen LogP contribution in [-0.4, -0.2) is 41.7 Å². The minimum atomic E-state index is -0.261. The maximum absolute atomic E-state index is 10.0. The summed E-state index contributed by atoms with van der Waals surface area (Å²) in [6.07, 6.45) is 1.17. The van der Waals surface area contributed by atoms with Crippen molar-refractivity contribution in [1.29, 1.82) is 0 Å². The highest BCUT2D eigenvalue weighted by Crippen LogP contribution is 2.20. The molecule has 2 N–H and O–H groups in total. The van der Waals surface area contributed by atoms with E-state index in [0.717, 1.165) is 12.1 Å². The van der Waals surface area contributed by atoms with E-state index in [2.05, 4.69) is 11.9 Å². The lowest BCUT2D eigenvalue weighted by molar-refractivity contribution is -0.109. The molecule has 13 heavy (non-hydrogen) atoms. The van der Waals surface area contributed by atoms with Crippen LogP contribution in [0.4, 0.5) is 0 Å². The molecule has 0 aromatic rings. The van der Waals surface area contributed by atoms with Crippen LogP contribution in [0.2, 0.25) is 0 Å². The van der Waals surface area contributed by atoms with Crippen molar-refractivity contribution < 1.29 is 9.90 Å². The molecular weight excluding hydrogens is 168 g/mol. The van der Waals surface area contributed by atoms with E-state index in [9.17, 15) is 9.90 Å². The van der Waals surface area contributed by atoms with Crippen LogP contribution >= 0.6 is 0 Å². The quantitative estimate of drug-likeness (QED) is 0.590. The third-order valence-electron chi connectivity index (χ3n) is 2.35. The summed E-state index contributed by atoms with van der Waals surface area (Å²) in [6.45, 7) is 6.98. The van der Waals surface area contributed by atoms with Crippen LogP contribution in [0, 0.1) is 0 Å². The van der Waals surface area contributed by atoms with Gasteiger partial charge in [0.1, 0.15) is 0 Å². The number of carbonyl (C=O) groups excluding carboxylic acids is 1. The number of rotatable bonds is 4. The van der Waals surface area contributed by atoms with E-state index >= 15 is 0 Å². The fourth-order valence-electron chi connectivity index (χ4n) is 1.70. The largest absolute Gasteiger partial charge is 0.391 e. The standard InChI is InChI=1S/C9H16N2O2/c1-7-3-9(13)5-11(7)8(2)4-10-6-12/h6-7,9,13H,2-5H2,1H3,(H,10,12)/t7-,9+/m1/s1. The van der Waals surface area contributed by atoms with Gasteiger partial charge in [0.2, 0.25) is 6.41 Å². The lowest BCUT2D eigenvalue weighted by Crippen LogP contribution is -2.31. The second kappa shape index (κ2) is 4.28. The molecule has 0 radical (unpaired) electrons. The molecule has 4 heteroatoms. The van der Waals surface area contributed by atoms with Gasteiger partial charge >= 0.3 is 0 Å². The van der Waals surface area contributed by atoms with E-state index in [1.807, 2.05) is 11.8 Å². The number of hydrogen-bond donors (Lipinski definition) is 2. The molecule has 4 nitrogen and oxygen atoms in total. The molecule has 1 rings (SSSR count). The smallest absolute Gasteiger partial charge is 0.207 e. The number of nitrogens with one attached hydrogen (secondary N) is 1. The number of amides is 1. The van der Waals surface area contributed by atoms with Crippen LogP contribution in [0.5, 0.6) is 0 Å². The summed E-state index contributed by atoms with van der Waals surface area (Å²) in [5.41, 5.74) is 0.858. The lowest BCUT2D eigenvalue weighted by Gasteiger charge is -2.25. The van der Waals surface area contributed by atoms with Crippen molar-refractivity contribution in [1.82, 2.24) is 10.2 Å². The first-order valence-corrected chi connectivity index (χ1v) is 4.44. The molecule has 0 aromatic heterocycles. The topological polar surface area (TPSA) is 52.6 Å². The Morgan fingerprint density at radius 1 is 1.85 bits per heavy atom. The fourth-order valence-corrected chi connectivity index (χ4v) is 1.70. The molecular formula is C9H16N2O2. The summed E-state index contributed by atoms with van der Waals surface area (Å²) in [6, 6.07) is 0.316. The molecule has 1 amide bonds. The van der Waals surface area contributed by atoms with Gasteiger partial charge in [-0.1, -0.05) is 6.58 Å². The Labute approximate surface area is 78.2 Å². The second-order valence-corrected chi connectivity index (χ2v) is 3.46. The van der Waals surface area contributed by atoms with Crippen molar-refractivity contribution in [3.05, 3.63) is 12.3 Å². The minimum absolute atomic E-state index is 0.261. The number of aliphatic hydroxyl groups is 1. The monoisotopic (exact) mass is 184 g/mol. The Bertz CT molecular complexity index is 206. The van der Waals surface area contributed by atoms with Gasteiger partial charge in [0.15, 0.2) is 0 Å². The molecule has 1 saturated heterocycles. The van der Waals surface area contributed by atoms with Crippen molar-refractivity contribution in [2.45, 2.75) is 25.5 Å². The van der Waals surface area contributed by atoms with Gasteiger partial charge in [0.05, 0.1) is 12.6 Å². The van der Waals surface area contributed by atoms with Gasteiger partial charge in [-0.15, -0.1) is 0 Å². The number of nitrogens with zero attached hydrogens (tertiary/aromatic N) is 1. The highest BCUT2D eigenvalue weighted by Gasteiger charge is 2.27.